The van der Waals surface area contributed by atoms with Crippen LogP contribution in [0.25, 0.3) is 0 Å². The summed E-state index contributed by atoms with van der Waals surface area (Å²) in [6, 6.07) is 8.33. The Labute approximate surface area is 156 Å². The summed E-state index contributed by atoms with van der Waals surface area (Å²) in [6.45, 7) is 11.1. The Morgan fingerprint density at radius 3 is 2.69 bits per heavy atom. The van der Waals surface area contributed by atoms with E-state index in [1.807, 2.05) is 19.3 Å². The largest absolute Gasteiger partial charge is 0.494 e. The lowest BCUT2D eigenvalue weighted by atomic mass is 10.1. The van der Waals surface area contributed by atoms with E-state index in [2.05, 4.69) is 60.7 Å². The summed E-state index contributed by atoms with van der Waals surface area (Å²) >= 11 is 0. The molecule has 0 bridgehead atoms. The monoisotopic (exact) mass is 354 g/mol. The molecular formula is C21H30N4O. The molecule has 0 saturated heterocycles. The van der Waals surface area contributed by atoms with Gasteiger partial charge in [0.25, 0.3) is 0 Å². The summed E-state index contributed by atoms with van der Waals surface area (Å²) in [7, 11) is 0. The molecule has 0 radical (unpaired) electrons. The van der Waals surface area contributed by atoms with E-state index in [0.29, 0.717) is 13.2 Å². The summed E-state index contributed by atoms with van der Waals surface area (Å²) in [5.74, 6) is 1.74. The maximum absolute atomic E-state index is 5.75. The number of nitrogens with one attached hydrogen (secondary N) is 2. The summed E-state index contributed by atoms with van der Waals surface area (Å²) in [5.41, 5.74) is 4.82. The second-order valence-electron chi connectivity index (χ2n) is 6.22. The van der Waals surface area contributed by atoms with Crippen molar-refractivity contribution in [1.82, 2.24) is 15.6 Å². The number of hydrogen-bond donors (Lipinski definition) is 2. The summed E-state index contributed by atoms with van der Waals surface area (Å²) < 4.78 is 5.75. The van der Waals surface area contributed by atoms with Gasteiger partial charge in [0.2, 0.25) is 0 Å². The van der Waals surface area contributed by atoms with Crippen LogP contribution in [0.2, 0.25) is 0 Å². The van der Waals surface area contributed by atoms with Crippen LogP contribution in [0.15, 0.2) is 41.7 Å². The van der Waals surface area contributed by atoms with Gasteiger partial charge in [0.15, 0.2) is 5.96 Å². The minimum atomic E-state index is 0.583. The third kappa shape index (κ3) is 6.06. The Kier molecular flexibility index (Phi) is 7.93. The Morgan fingerprint density at radius 2 is 1.96 bits per heavy atom. The Hall–Kier alpha value is -2.56. The van der Waals surface area contributed by atoms with Gasteiger partial charge < -0.3 is 15.4 Å². The number of guanidine groups is 1. The number of benzene rings is 1. The molecule has 0 unspecified atom stereocenters. The zero-order valence-electron chi connectivity index (χ0n) is 16.3. The van der Waals surface area contributed by atoms with Gasteiger partial charge in [0, 0.05) is 31.0 Å². The van der Waals surface area contributed by atoms with Crippen LogP contribution in [-0.2, 0) is 13.0 Å². The van der Waals surface area contributed by atoms with Gasteiger partial charge in [0.05, 0.1) is 13.2 Å². The van der Waals surface area contributed by atoms with Crippen LogP contribution in [-0.4, -0.2) is 30.6 Å². The van der Waals surface area contributed by atoms with Crippen molar-refractivity contribution in [2.75, 3.05) is 19.7 Å². The van der Waals surface area contributed by atoms with Gasteiger partial charge in [0.1, 0.15) is 5.75 Å². The fourth-order valence-electron chi connectivity index (χ4n) is 2.69. The SMILES string of the molecule is CCNC(=NCc1ccc(C)cc1OCC)NCCc1ccncc1C. The standard InChI is InChI=1S/C21H30N4O/c1-5-23-21(24-12-10-18-9-11-22-14-17(18)4)25-15-19-8-7-16(3)13-20(19)26-6-2/h7-9,11,13-14H,5-6,10,12,15H2,1-4H3,(H2,23,24,25). The van der Waals surface area contributed by atoms with Crippen molar-refractivity contribution < 1.29 is 4.74 Å². The average molecular weight is 354 g/mol. The number of pyridine rings is 1. The number of nitrogens with zero attached hydrogens (tertiary/aromatic N) is 2. The molecule has 0 aliphatic carbocycles. The molecule has 0 aliphatic heterocycles. The van der Waals surface area contributed by atoms with E-state index in [9.17, 15) is 0 Å². The van der Waals surface area contributed by atoms with Gasteiger partial charge >= 0.3 is 0 Å². The molecule has 0 amide bonds. The van der Waals surface area contributed by atoms with Gasteiger partial charge in [-0.1, -0.05) is 12.1 Å². The number of rotatable bonds is 8. The third-order valence-corrected chi connectivity index (χ3v) is 4.10. The minimum Gasteiger partial charge on any atom is -0.494 e. The molecular weight excluding hydrogens is 324 g/mol. The number of aryl methyl sites for hydroxylation is 2. The van der Waals surface area contributed by atoms with Gasteiger partial charge in [-0.05, 0) is 62.9 Å². The van der Waals surface area contributed by atoms with Crippen molar-refractivity contribution >= 4 is 5.96 Å². The average Bonchev–Trinajstić information content (AvgIpc) is 2.63. The lowest BCUT2D eigenvalue weighted by molar-refractivity contribution is 0.336. The number of ether oxygens (including phenoxy) is 1. The zero-order chi connectivity index (χ0) is 18.8. The molecule has 2 rings (SSSR count). The minimum absolute atomic E-state index is 0.583. The Morgan fingerprint density at radius 1 is 1.12 bits per heavy atom. The first-order valence-electron chi connectivity index (χ1n) is 9.28. The molecule has 0 aliphatic rings. The topological polar surface area (TPSA) is 58.5 Å². The van der Waals surface area contributed by atoms with E-state index in [1.165, 1.54) is 16.7 Å². The van der Waals surface area contributed by atoms with Crippen molar-refractivity contribution in [2.24, 2.45) is 4.99 Å². The van der Waals surface area contributed by atoms with Crippen molar-refractivity contribution in [3.63, 3.8) is 0 Å². The second-order valence-corrected chi connectivity index (χ2v) is 6.22. The quantitative estimate of drug-likeness (QED) is 0.563. The van der Waals surface area contributed by atoms with E-state index >= 15 is 0 Å². The first-order valence-corrected chi connectivity index (χ1v) is 9.28. The molecule has 1 aromatic heterocycles. The van der Waals surface area contributed by atoms with Gasteiger partial charge in [-0.3, -0.25) is 4.98 Å². The number of aromatic nitrogens is 1. The molecule has 1 aromatic carbocycles. The fourth-order valence-corrected chi connectivity index (χ4v) is 2.69. The smallest absolute Gasteiger partial charge is 0.191 e. The highest BCUT2D eigenvalue weighted by Gasteiger charge is 2.05. The highest BCUT2D eigenvalue weighted by molar-refractivity contribution is 5.79. The van der Waals surface area contributed by atoms with Crippen LogP contribution in [0.5, 0.6) is 5.75 Å². The summed E-state index contributed by atoms with van der Waals surface area (Å²) in [4.78, 5) is 8.85. The number of aliphatic imine (C=N–C) groups is 1. The Balaban J connectivity index is 1.99. The molecule has 0 fully saturated rings. The summed E-state index contributed by atoms with van der Waals surface area (Å²) in [6.07, 6.45) is 4.68. The predicted octanol–water partition coefficient (Wildman–Crippen LogP) is 3.39. The maximum Gasteiger partial charge on any atom is 0.191 e. The molecule has 0 atom stereocenters. The van der Waals surface area contributed by atoms with E-state index in [1.54, 1.807) is 0 Å². The molecule has 5 nitrogen and oxygen atoms in total. The van der Waals surface area contributed by atoms with Gasteiger partial charge in [-0.2, -0.15) is 0 Å². The van der Waals surface area contributed by atoms with Crippen LogP contribution in [0.4, 0.5) is 0 Å². The first kappa shape index (κ1) is 19.8. The highest BCUT2D eigenvalue weighted by Crippen LogP contribution is 2.21. The van der Waals surface area contributed by atoms with Crippen molar-refractivity contribution in [3.05, 3.63) is 58.9 Å². The van der Waals surface area contributed by atoms with Crippen LogP contribution in [0.1, 0.15) is 36.1 Å². The predicted molar refractivity (Wildman–Crippen MR) is 108 cm³/mol. The fraction of sp³-hybridized carbons (Fsp3) is 0.429. The van der Waals surface area contributed by atoms with Gasteiger partial charge in [-0.25, -0.2) is 4.99 Å². The van der Waals surface area contributed by atoms with Crippen LogP contribution < -0.4 is 15.4 Å². The highest BCUT2D eigenvalue weighted by atomic mass is 16.5. The molecule has 140 valence electrons. The van der Waals surface area contributed by atoms with Crippen LogP contribution in [0, 0.1) is 13.8 Å². The molecule has 1 heterocycles. The van der Waals surface area contributed by atoms with Gasteiger partial charge in [-0.15, -0.1) is 0 Å². The zero-order valence-corrected chi connectivity index (χ0v) is 16.3. The molecule has 2 N–H and O–H groups in total. The molecule has 5 heteroatoms. The molecule has 2 aromatic rings. The van der Waals surface area contributed by atoms with Crippen LogP contribution in [0.3, 0.4) is 0 Å². The normalized spacial score (nSPS) is 11.3. The third-order valence-electron chi connectivity index (χ3n) is 4.10. The maximum atomic E-state index is 5.75. The second kappa shape index (κ2) is 10.4. The Bertz CT molecular complexity index is 728. The van der Waals surface area contributed by atoms with E-state index in [4.69, 9.17) is 9.73 Å². The molecule has 0 spiro atoms. The summed E-state index contributed by atoms with van der Waals surface area (Å²) in [5, 5.41) is 6.71. The lowest BCUT2D eigenvalue weighted by Crippen LogP contribution is -2.38. The van der Waals surface area contributed by atoms with Crippen LogP contribution >= 0.6 is 0 Å². The van der Waals surface area contributed by atoms with E-state index in [0.717, 1.165) is 36.8 Å². The molecule has 0 saturated carbocycles. The van der Waals surface area contributed by atoms with Crippen molar-refractivity contribution in [1.29, 1.82) is 0 Å². The number of hydrogen-bond acceptors (Lipinski definition) is 3. The van der Waals surface area contributed by atoms with E-state index in [-0.39, 0.29) is 0 Å². The first-order chi connectivity index (χ1) is 12.6. The molecule has 26 heavy (non-hydrogen) atoms. The van der Waals surface area contributed by atoms with Crippen molar-refractivity contribution in [2.45, 2.75) is 40.7 Å². The van der Waals surface area contributed by atoms with E-state index < -0.39 is 0 Å². The lowest BCUT2D eigenvalue weighted by Gasteiger charge is -2.13. The van der Waals surface area contributed by atoms with Crippen molar-refractivity contribution in [3.8, 4) is 5.75 Å².